The third kappa shape index (κ3) is 6.01. The zero-order chi connectivity index (χ0) is 27.4. The molecular weight excluding hydrogens is 552 g/mol. The Hall–Kier alpha value is -3.40. The van der Waals surface area contributed by atoms with Gasteiger partial charge in [0.1, 0.15) is 23.3 Å². The van der Waals surface area contributed by atoms with Gasteiger partial charge in [-0.2, -0.15) is 0 Å². The van der Waals surface area contributed by atoms with Crippen molar-refractivity contribution in [3.8, 4) is 0 Å². The number of nitrogens with one attached hydrogen (secondary N) is 1. The Bertz CT molecular complexity index is 1460. The van der Waals surface area contributed by atoms with Crippen molar-refractivity contribution in [3.05, 3.63) is 82.4 Å². The van der Waals surface area contributed by atoms with E-state index in [4.69, 9.17) is 5.73 Å². The molecule has 1 aliphatic heterocycles. The summed E-state index contributed by atoms with van der Waals surface area (Å²) < 4.78 is 30.0. The van der Waals surface area contributed by atoms with Gasteiger partial charge in [0, 0.05) is 24.4 Å². The fourth-order valence-corrected chi connectivity index (χ4v) is 6.91. The van der Waals surface area contributed by atoms with Crippen LogP contribution >= 0.6 is 23.7 Å². The maximum Gasteiger partial charge on any atom is 0.284 e. The standard InChI is InChI=1S/C23H24N6O6S3/c1-15-6-8-17(9-7-15)38(34,35)27-11-16(25-13-27)10-18(23(31)28-14-36-12-20(28)22(24)30)26-37-21-5-3-2-4-19(21)29(32)33/h2-9,11,13,18,20,26H,10,12,14H2,1H3,(H2,24,30)/t18-,20-/m0/s1. The lowest BCUT2D eigenvalue weighted by Gasteiger charge is -2.26. The minimum Gasteiger partial charge on any atom is -0.368 e. The number of aromatic nitrogens is 2. The number of nitrogens with zero attached hydrogens (tertiary/aromatic N) is 4. The van der Waals surface area contributed by atoms with E-state index in [0.717, 1.165) is 27.8 Å². The molecule has 12 nitrogen and oxygen atoms in total. The Morgan fingerprint density at radius 3 is 2.66 bits per heavy atom. The summed E-state index contributed by atoms with van der Waals surface area (Å²) in [6.45, 7) is 1.85. The van der Waals surface area contributed by atoms with E-state index in [0.29, 0.717) is 5.75 Å². The van der Waals surface area contributed by atoms with Gasteiger partial charge in [-0.3, -0.25) is 19.7 Å². The number of carbonyl (C=O) groups excluding carboxylic acids is 2. The predicted molar refractivity (Wildman–Crippen MR) is 143 cm³/mol. The first-order valence-corrected chi connectivity index (χ1v) is 14.7. The van der Waals surface area contributed by atoms with Gasteiger partial charge < -0.3 is 10.6 Å². The third-order valence-electron chi connectivity index (χ3n) is 5.79. The quantitative estimate of drug-likeness (QED) is 0.206. The van der Waals surface area contributed by atoms with Crippen molar-refractivity contribution < 1.29 is 22.9 Å². The number of nitro groups is 1. The van der Waals surface area contributed by atoms with E-state index in [2.05, 4.69) is 9.71 Å². The van der Waals surface area contributed by atoms with Crippen LogP contribution in [0.4, 0.5) is 5.69 Å². The number of hydrogen-bond donors (Lipinski definition) is 2. The SMILES string of the molecule is Cc1ccc(S(=O)(=O)n2cnc(C[C@H](NSc3ccccc3[N+](=O)[O-])C(=O)N3CSC[C@H]3C(N)=O)c2)cc1. The Morgan fingerprint density at radius 1 is 1.26 bits per heavy atom. The summed E-state index contributed by atoms with van der Waals surface area (Å²) in [4.78, 5) is 42.2. The number of benzene rings is 2. The Balaban J connectivity index is 1.59. The summed E-state index contributed by atoms with van der Waals surface area (Å²) in [6.07, 6.45) is 2.42. The van der Waals surface area contributed by atoms with Gasteiger partial charge in [-0.15, -0.1) is 11.8 Å². The van der Waals surface area contributed by atoms with Crippen LogP contribution in [0.2, 0.25) is 0 Å². The highest BCUT2D eigenvalue weighted by Crippen LogP contribution is 2.28. The zero-order valence-corrected chi connectivity index (χ0v) is 22.5. The van der Waals surface area contributed by atoms with Gasteiger partial charge in [-0.25, -0.2) is 22.1 Å². The molecule has 200 valence electrons. The molecule has 1 aromatic heterocycles. The molecule has 0 aliphatic carbocycles. The lowest BCUT2D eigenvalue weighted by Crippen LogP contribution is -2.52. The average Bonchev–Trinajstić information content (AvgIpc) is 3.57. The van der Waals surface area contributed by atoms with Gasteiger partial charge >= 0.3 is 0 Å². The number of nitrogens with two attached hydrogens (primary N) is 1. The maximum atomic E-state index is 13.5. The van der Waals surface area contributed by atoms with Crippen molar-refractivity contribution in [2.45, 2.75) is 35.2 Å². The highest BCUT2D eigenvalue weighted by atomic mass is 32.2. The molecule has 2 heterocycles. The summed E-state index contributed by atoms with van der Waals surface area (Å²) in [5.74, 6) is -0.492. The van der Waals surface area contributed by atoms with Crippen molar-refractivity contribution >= 4 is 51.2 Å². The minimum atomic E-state index is -3.90. The molecule has 3 aromatic rings. The molecule has 1 saturated heterocycles. The number of thioether (sulfide) groups is 1. The number of primary amides is 1. The van der Waals surface area contributed by atoms with Crippen LogP contribution in [-0.2, 0) is 26.0 Å². The molecule has 0 bridgehead atoms. The second kappa shape index (κ2) is 11.6. The van der Waals surface area contributed by atoms with Gasteiger partial charge in [0.15, 0.2) is 0 Å². The van der Waals surface area contributed by atoms with Crippen LogP contribution in [0.15, 0.2) is 70.8 Å². The molecule has 0 saturated carbocycles. The number of rotatable bonds is 10. The van der Waals surface area contributed by atoms with Crippen LogP contribution in [0.25, 0.3) is 0 Å². The molecule has 2 atom stereocenters. The van der Waals surface area contributed by atoms with Crippen LogP contribution in [0.5, 0.6) is 0 Å². The van der Waals surface area contributed by atoms with Crippen LogP contribution in [0.1, 0.15) is 11.3 Å². The first-order chi connectivity index (χ1) is 18.1. The van der Waals surface area contributed by atoms with Crippen LogP contribution in [0, 0.1) is 17.0 Å². The van der Waals surface area contributed by atoms with Gasteiger partial charge in [-0.05, 0) is 37.1 Å². The third-order valence-corrected chi connectivity index (χ3v) is 9.39. The van der Waals surface area contributed by atoms with E-state index in [1.165, 1.54) is 53.2 Å². The van der Waals surface area contributed by atoms with Crippen LogP contribution < -0.4 is 10.5 Å². The molecule has 4 rings (SSSR count). The molecule has 0 unspecified atom stereocenters. The molecule has 3 N–H and O–H groups in total. The first-order valence-electron chi connectivity index (χ1n) is 11.3. The first kappa shape index (κ1) is 27.6. The minimum absolute atomic E-state index is 0.0461. The number of carbonyl (C=O) groups is 2. The van der Waals surface area contributed by atoms with E-state index >= 15 is 0 Å². The number of amides is 2. The van der Waals surface area contributed by atoms with Crippen molar-refractivity contribution in [2.24, 2.45) is 5.73 Å². The number of para-hydroxylation sites is 1. The molecule has 0 spiro atoms. The number of aryl methyl sites for hydroxylation is 1. The zero-order valence-electron chi connectivity index (χ0n) is 20.1. The highest BCUT2D eigenvalue weighted by molar-refractivity contribution is 7.99. The summed E-state index contributed by atoms with van der Waals surface area (Å²) in [5.41, 5.74) is 6.54. The number of hydrogen-bond acceptors (Lipinski definition) is 10. The normalized spacial score (nSPS) is 16.3. The largest absolute Gasteiger partial charge is 0.368 e. The molecular formula is C23H24N6O6S3. The maximum absolute atomic E-state index is 13.5. The van der Waals surface area contributed by atoms with Crippen molar-refractivity contribution in [1.29, 1.82) is 0 Å². The van der Waals surface area contributed by atoms with Gasteiger partial charge in [0.05, 0.1) is 21.4 Å². The van der Waals surface area contributed by atoms with E-state index in [-0.39, 0.29) is 33.5 Å². The average molecular weight is 577 g/mol. The second-order valence-electron chi connectivity index (χ2n) is 8.44. The smallest absolute Gasteiger partial charge is 0.284 e. The molecule has 38 heavy (non-hydrogen) atoms. The number of nitro benzene ring substituents is 1. The van der Waals surface area contributed by atoms with Crippen LogP contribution in [0.3, 0.4) is 0 Å². The predicted octanol–water partition coefficient (Wildman–Crippen LogP) is 1.93. The Kier molecular flexibility index (Phi) is 8.40. The van der Waals surface area contributed by atoms with Crippen molar-refractivity contribution in [3.63, 3.8) is 0 Å². The fraction of sp³-hybridized carbons (Fsp3) is 0.261. The Labute approximate surface area is 227 Å². The molecule has 2 amide bonds. The monoisotopic (exact) mass is 576 g/mol. The lowest BCUT2D eigenvalue weighted by molar-refractivity contribution is -0.387. The van der Waals surface area contributed by atoms with Gasteiger partial charge in [-0.1, -0.05) is 29.8 Å². The highest BCUT2D eigenvalue weighted by Gasteiger charge is 2.37. The Morgan fingerprint density at radius 2 is 1.97 bits per heavy atom. The molecule has 1 aliphatic rings. The second-order valence-corrected chi connectivity index (χ2v) is 12.2. The summed E-state index contributed by atoms with van der Waals surface area (Å²) in [6, 6.07) is 10.6. The summed E-state index contributed by atoms with van der Waals surface area (Å²) >= 11 is 2.27. The van der Waals surface area contributed by atoms with Gasteiger partial charge in [0.25, 0.3) is 15.7 Å². The lowest BCUT2D eigenvalue weighted by atomic mass is 10.1. The van der Waals surface area contributed by atoms with E-state index in [1.807, 2.05) is 6.92 Å². The molecule has 15 heteroatoms. The van der Waals surface area contributed by atoms with E-state index in [1.54, 1.807) is 18.2 Å². The fourth-order valence-electron chi connectivity index (χ4n) is 3.73. The number of imidazole rings is 1. The summed E-state index contributed by atoms with van der Waals surface area (Å²) in [7, 11) is -3.90. The summed E-state index contributed by atoms with van der Waals surface area (Å²) in [5, 5.41) is 11.4. The van der Waals surface area contributed by atoms with Gasteiger partial charge in [0.2, 0.25) is 11.8 Å². The molecule has 2 aromatic carbocycles. The van der Waals surface area contributed by atoms with Crippen molar-refractivity contribution in [2.75, 3.05) is 11.6 Å². The van der Waals surface area contributed by atoms with E-state index in [9.17, 15) is 28.1 Å². The topological polar surface area (TPSA) is 171 Å². The molecule has 1 fully saturated rings. The van der Waals surface area contributed by atoms with E-state index < -0.39 is 38.8 Å². The molecule has 0 radical (unpaired) electrons. The van der Waals surface area contributed by atoms with Crippen LogP contribution in [-0.4, -0.2) is 62.7 Å². The van der Waals surface area contributed by atoms with Crippen molar-refractivity contribution in [1.82, 2.24) is 18.6 Å².